The Morgan fingerprint density at radius 3 is 2.55 bits per heavy atom. The second-order valence-electron chi connectivity index (χ2n) is 5.65. The van der Waals surface area contributed by atoms with Crippen LogP contribution in [0.2, 0.25) is 0 Å². The van der Waals surface area contributed by atoms with Gasteiger partial charge in [0, 0.05) is 13.1 Å². The second-order valence-corrected chi connectivity index (χ2v) is 5.65. The van der Waals surface area contributed by atoms with Crippen molar-refractivity contribution < 1.29 is 9.53 Å². The Bertz CT molecular complexity index is 410. The van der Waals surface area contributed by atoms with Gasteiger partial charge in [0.05, 0.1) is 12.0 Å². The Hall–Kier alpha value is -1.35. The van der Waals surface area contributed by atoms with E-state index in [1.807, 2.05) is 25.1 Å². The van der Waals surface area contributed by atoms with Crippen molar-refractivity contribution in [1.82, 2.24) is 5.32 Å². The fourth-order valence-electron chi connectivity index (χ4n) is 3.01. The fourth-order valence-corrected chi connectivity index (χ4v) is 3.01. The number of benzene rings is 1. The van der Waals surface area contributed by atoms with Crippen LogP contribution in [-0.2, 0) is 16.1 Å². The molecule has 1 aromatic carbocycles. The van der Waals surface area contributed by atoms with E-state index in [-0.39, 0.29) is 11.4 Å². The first-order valence-corrected chi connectivity index (χ1v) is 7.69. The van der Waals surface area contributed by atoms with Crippen LogP contribution in [0.1, 0.15) is 44.6 Å². The Morgan fingerprint density at radius 2 is 1.90 bits per heavy atom. The lowest BCUT2D eigenvalue weighted by atomic mass is 9.74. The molecule has 0 aromatic heterocycles. The van der Waals surface area contributed by atoms with Crippen LogP contribution >= 0.6 is 0 Å². The Balaban J connectivity index is 1.92. The van der Waals surface area contributed by atoms with Gasteiger partial charge in [-0.05, 0) is 25.3 Å². The zero-order valence-electron chi connectivity index (χ0n) is 12.4. The van der Waals surface area contributed by atoms with E-state index in [2.05, 4.69) is 17.4 Å². The summed E-state index contributed by atoms with van der Waals surface area (Å²) < 4.78 is 5.31. The Labute approximate surface area is 121 Å². The van der Waals surface area contributed by atoms with Crippen LogP contribution in [0.25, 0.3) is 0 Å². The highest BCUT2D eigenvalue weighted by Gasteiger charge is 2.40. The predicted octanol–water partition coefficient (Wildman–Crippen LogP) is 3.29. The maximum absolute atomic E-state index is 12.3. The summed E-state index contributed by atoms with van der Waals surface area (Å²) >= 11 is 0. The van der Waals surface area contributed by atoms with Gasteiger partial charge in [-0.2, -0.15) is 0 Å². The van der Waals surface area contributed by atoms with E-state index in [9.17, 15) is 4.79 Å². The number of rotatable bonds is 6. The molecule has 110 valence electrons. The maximum Gasteiger partial charge on any atom is 0.313 e. The van der Waals surface area contributed by atoms with E-state index in [4.69, 9.17) is 4.74 Å². The van der Waals surface area contributed by atoms with Crippen molar-refractivity contribution in [3.8, 4) is 0 Å². The highest BCUT2D eigenvalue weighted by molar-refractivity contribution is 5.77. The summed E-state index contributed by atoms with van der Waals surface area (Å²) in [5, 5.41) is 3.45. The molecule has 0 unspecified atom stereocenters. The van der Waals surface area contributed by atoms with Gasteiger partial charge in [-0.15, -0.1) is 0 Å². The molecule has 2 rings (SSSR count). The molecule has 0 aliphatic heterocycles. The Kier molecular flexibility index (Phi) is 5.60. The van der Waals surface area contributed by atoms with Crippen molar-refractivity contribution in [2.75, 3.05) is 13.2 Å². The number of carbonyl (C=O) groups excluding carboxylic acids is 1. The third kappa shape index (κ3) is 3.83. The molecule has 1 saturated carbocycles. The summed E-state index contributed by atoms with van der Waals surface area (Å²) in [6, 6.07) is 10.3. The smallest absolute Gasteiger partial charge is 0.313 e. The van der Waals surface area contributed by atoms with Crippen LogP contribution in [0.15, 0.2) is 30.3 Å². The normalized spacial score (nSPS) is 17.6. The van der Waals surface area contributed by atoms with Gasteiger partial charge in [-0.3, -0.25) is 4.79 Å². The first kappa shape index (κ1) is 15.0. The summed E-state index contributed by atoms with van der Waals surface area (Å²) in [4.78, 5) is 12.3. The molecule has 1 aliphatic rings. The number of hydrogen-bond donors (Lipinski definition) is 1. The lowest BCUT2D eigenvalue weighted by Crippen LogP contribution is -2.43. The number of esters is 1. The van der Waals surface area contributed by atoms with Crippen LogP contribution in [0.5, 0.6) is 0 Å². The van der Waals surface area contributed by atoms with Gasteiger partial charge in [-0.1, -0.05) is 49.6 Å². The highest BCUT2D eigenvalue weighted by atomic mass is 16.5. The summed E-state index contributed by atoms with van der Waals surface area (Å²) in [5.74, 6) is -0.0136. The van der Waals surface area contributed by atoms with Gasteiger partial charge >= 0.3 is 5.97 Å². The van der Waals surface area contributed by atoms with Gasteiger partial charge in [0.2, 0.25) is 0 Å². The quantitative estimate of drug-likeness (QED) is 0.810. The molecular formula is C17H25NO2. The zero-order chi connectivity index (χ0) is 14.3. The molecule has 0 atom stereocenters. The molecular weight excluding hydrogens is 250 g/mol. The molecule has 1 aliphatic carbocycles. The van der Waals surface area contributed by atoms with Crippen LogP contribution < -0.4 is 5.32 Å². The average molecular weight is 275 g/mol. The molecule has 20 heavy (non-hydrogen) atoms. The summed E-state index contributed by atoms with van der Waals surface area (Å²) in [7, 11) is 0. The number of nitrogens with one attached hydrogen (secondary N) is 1. The first-order chi connectivity index (χ1) is 9.77. The third-order valence-corrected chi connectivity index (χ3v) is 4.15. The van der Waals surface area contributed by atoms with Crippen molar-refractivity contribution in [2.24, 2.45) is 5.41 Å². The molecule has 0 bridgehead atoms. The Morgan fingerprint density at radius 1 is 1.20 bits per heavy atom. The fraction of sp³-hybridized carbons (Fsp3) is 0.588. The standard InChI is InChI=1S/C17H25NO2/c1-2-20-16(19)17(11-7-4-8-12-17)14-18-13-15-9-5-3-6-10-15/h3,5-6,9-10,18H,2,4,7-8,11-14H2,1H3. The van der Waals surface area contributed by atoms with Crippen molar-refractivity contribution in [2.45, 2.75) is 45.6 Å². The molecule has 1 N–H and O–H groups in total. The van der Waals surface area contributed by atoms with Gasteiger partial charge in [0.25, 0.3) is 0 Å². The van der Waals surface area contributed by atoms with Crippen molar-refractivity contribution in [3.05, 3.63) is 35.9 Å². The molecule has 3 nitrogen and oxygen atoms in total. The van der Waals surface area contributed by atoms with E-state index in [0.717, 1.165) is 38.8 Å². The average Bonchev–Trinajstić information content (AvgIpc) is 2.49. The van der Waals surface area contributed by atoms with Crippen LogP contribution in [0.3, 0.4) is 0 Å². The monoisotopic (exact) mass is 275 g/mol. The van der Waals surface area contributed by atoms with Gasteiger partial charge in [0.15, 0.2) is 0 Å². The molecule has 3 heteroatoms. The van der Waals surface area contributed by atoms with E-state index >= 15 is 0 Å². The van der Waals surface area contributed by atoms with Gasteiger partial charge in [0.1, 0.15) is 0 Å². The number of carbonyl (C=O) groups is 1. The summed E-state index contributed by atoms with van der Waals surface area (Å²) in [6.45, 7) is 3.88. The molecule has 0 amide bonds. The van der Waals surface area contributed by atoms with Gasteiger partial charge < -0.3 is 10.1 Å². The molecule has 0 radical (unpaired) electrons. The van der Waals surface area contributed by atoms with E-state index in [0.29, 0.717) is 6.61 Å². The van der Waals surface area contributed by atoms with E-state index < -0.39 is 0 Å². The van der Waals surface area contributed by atoms with Crippen LogP contribution in [0, 0.1) is 5.41 Å². The minimum absolute atomic E-state index is 0.0136. The minimum Gasteiger partial charge on any atom is -0.466 e. The largest absolute Gasteiger partial charge is 0.466 e. The van der Waals surface area contributed by atoms with Crippen LogP contribution in [-0.4, -0.2) is 19.1 Å². The number of hydrogen-bond acceptors (Lipinski definition) is 3. The molecule has 0 saturated heterocycles. The third-order valence-electron chi connectivity index (χ3n) is 4.15. The molecule has 1 aromatic rings. The highest BCUT2D eigenvalue weighted by Crippen LogP contribution is 2.37. The van der Waals surface area contributed by atoms with E-state index in [1.165, 1.54) is 12.0 Å². The lowest BCUT2D eigenvalue weighted by Gasteiger charge is -2.35. The summed E-state index contributed by atoms with van der Waals surface area (Å²) in [5.41, 5.74) is 0.950. The van der Waals surface area contributed by atoms with Crippen molar-refractivity contribution in [1.29, 1.82) is 0 Å². The first-order valence-electron chi connectivity index (χ1n) is 7.69. The van der Waals surface area contributed by atoms with Crippen molar-refractivity contribution >= 4 is 5.97 Å². The van der Waals surface area contributed by atoms with Gasteiger partial charge in [-0.25, -0.2) is 0 Å². The maximum atomic E-state index is 12.3. The zero-order valence-corrected chi connectivity index (χ0v) is 12.4. The minimum atomic E-state index is -0.303. The molecule has 0 heterocycles. The predicted molar refractivity (Wildman–Crippen MR) is 80.3 cm³/mol. The molecule has 1 fully saturated rings. The second kappa shape index (κ2) is 7.44. The van der Waals surface area contributed by atoms with Crippen LogP contribution in [0.4, 0.5) is 0 Å². The topological polar surface area (TPSA) is 38.3 Å². The lowest BCUT2D eigenvalue weighted by molar-refractivity contribution is -0.157. The molecule has 0 spiro atoms. The van der Waals surface area contributed by atoms with E-state index in [1.54, 1.807) is 0 Å². The number of ether oxygens (including phenoxy) is 1. The SMILES string of the molecule is CCOC(=O)C1(CNCc2ccccc2)CCCCC1. The van der Waals surface area contributed by atoms with Crippen molar-refractivity contribution in [3.63, 3.8) is 0 Å². The summed E-state index contributed by atoms with van der Waals surface area (Å²) in [6.07, 6.45) is 5.40.